The number of carbonyl (C=O) groups is 2. The molecule has 0 saturated carbocycles. The number of nitrogens with two attached hydrogens (primary N) is 1. The van der Waals surface area contributed by atoms with E-state index in [9.17, 15) is 43.0 Å². The zero-order valence-corrected chi connectivity index (χ0v) is 26.6. The predicted octanol–water partition coefficient (Wildman–Crippen LogP) is 8.88. The van der Waals surface area contributed by atoms with Crippen molar-refractivity contribution in [2.45, 2.75) is 4.90 Å². The van der Waals surface area contributed by atoms with E-state index in [1.54, 1.807) is 30.3 Å². The molecule has 254 valence electrons. The summed E-state index contributed by atoms with van der Waals surface area (Å²) in [7, 11) is -4.89. The molecule has 6 aromatic carbocycles. The van der Waals surface area contributed by atoms with Crippen LogP contribution in [0.25, 0.3) is 21.5 Å². The Labute approximate surface area is 287 Å². The van der Waals surface area contributed by atoms with E-state index in [2.05, 4.69) is 30.7 Å². The van der Waals surface area contributed by atoms with Gasteiger partial charge >= 0.3 is 11.9 Å². The van der Waals surface area contributed by atoms with Crippen molar-refractivity contribution in [1.82, 2.24) is 0 Å². The molecule has 0 aromatic heterocycles. The molecule has 6 aromatic rings. The first kappa shape index (κ1) is 33.8. The van der Waals surface area contributed by atoms with Crippen LogP contribution in [0.15, 0.2) is 133 Å². The van der Waals surface area contributed by atoms with E-state index in [-0.39, 0.29) is 67.5 Å². The molecule has 0 bridgehead atoms. The fourth-order valence-corrected chi connectivity index (χ4v) is 5.78. The largest absolute Gasteiger partial charge is 0.505 e. The minimum absolute atomic E-state index is 0.0495. The highest BCUT2D eigenvalue weighted by atomic mass is 32.2. The van der Waals surface area contributed by atoms with Gasteiger partial charge in [-0.15, -0.1) is 25.6 Å². The molecule has 0 aliphatic heterocycles. The Morgan fingerprint density at radius 3 is 1.69 bits per heavy atom. The van der Waals surface area contributed by atoms with Crippen molar-refractivity contribution in [3.05, 3.63) is 108 Å². The maximum absolute atomic E-state index is 12.3. The number of nitrogen functional groups attached to an aromatic ring is 1. The number of carboxylic acid groups (broad SMARTS) is 2. The summed E-state index contributed by atoms with van der Waals surface area (Å²) in [5.74, 6) is -3.36. The smallest absolute Gasteiger partial charge is 0.337 e. The molecule has 0 atom stereocenters. The highest BCUT2D eigenvalue weighted by molar-refractivity contribution is 7.86. The van der Waals surface area contributed by atoms with Gasteiger partial charge in [-0.1, -0.05) is 42.5 Å². The lowest BCUT2D eigenvalue weighted by Gasteiger charge is -2.12. The van der Waals surface area contributed by atoms with E-state index in [1.165, 1.54) is 60.7 Å². The van der Waals surface area contributed by atoms with Gasteiger partial charge in [0.1, 0.15) is 33.3 Å². The molecule has 17 heteroatoms. The lowest BCUT2D eigenvalue weighted by Crippen LogP contribution is -2.01. The fourth-order valence-electron chi connectivity index (χ4n) is 5.08. The van der Waals surface area contributed by atoms with Crippen molar-refractivity contribution in [3.8, 4) is 11.5 Å². The van der Waals surface area contributed by atoms with Gasteiger partial charge in [0.05, 0.1) is 27.9 Å². The minimum Gasteiger partial charge on any atom is -0.505 e. The molecule has 0 aliphatic rings. The number of hydrogen-bond acceptors (Lipinski definition) is 13. The molecule has 0 aliphatic carbocycles. The van der Waals surface area contributed by atoms with Crippen LogP contribution in [0.4, 0.5) is 39.8 Å². The number of nitrogens with zero attached hydrogens (tertiary/aromatic N) is 6. The third-order valence-corrected chi connectivity index (χ3v) is 8.44. The number of aromatic carboxylic acids is 2. The summed E-state index contributed by atoms with van der Waals surface area (Å²) in [5.41, 5.74) is 5.60. The van der Waals surface area contributed by atoms with Gasteiger partial charge in [-0.25, -0.2) is 9.59 Å². The number of carboxylic acids is 2. The third kappa shape index (κ3) is 6.77. The number of rotatable bonds is 9. The Balaban J connectivity index is 1.39. The predicted molar refractivity (Wildman–Crippen MR) is 185 cm³/mol. The molecule has 0 radical (unpaired) electrons. The second-order valence-corrected chi connectivity index (χ2v) is 12.1. The van der Waals surface area contributed by atoms with Crippen LogP contribution in [0.5, 0.6) is 11.5 Å². The number of fused-ring (bicyclic) bond motifs is 2. The van der Waals surface area contributed by atoms with E-state index < -0.39 is 32.7 Å². The molecule has 0 heterocycles. The topological polar surface area (TPSA) is 270 Å². The van der Waals surface area contributed by atoms with Crippen LogP contribution in [0.3, 0.4) is 0 Å². The standard InChI is InChI=1S/C34H23N7O9S/c35-30-27(41-38-24-8-4-2-6-20(24)34(46)47)16-28(51(48,49)50)21-12-14-26(32(43)29(21)30)39-36-18-11-9-17-10-13-25(31(42)22(17)15-18)40-37-23-7-3-1-5-19(23)33(44)45/h1-16,42-43H,35H2,(H,44,45)(H,46,47)(H,48,49,50). The normalized spacial score (nSPS) is 12.1. The molecule has 0 saturated heterocycles. The Hall–Kier alpha value is -7.11. The highest BCUT2D eigenvalue weighted by Crippen LogP contribution is 2.46. The molecule has 16 nitrogen and oxygen atoms in total. The number of aromatic hydroxyl groups is 2. The Kier molecular flexibility index (Phi) is 8.89. The summed E-state index contributed by atoms with van der Waals surface area (Å²) in [6.45, 7) is 0. The van der Waals surface area contributed by atoms with Crippen molar-refractivity contribution in [2.24, 2.45) is 30.7 Å². The van der Waals surface area contributed by atoms with E-state index in [4.69, 9.17) is 5.73 Å². The van der Waals surface area contributed by atoms with Crippen LogP contribution in [0, 0.1) is 0 Å². The summed E-state index contributed by atoms with van der Waals surface area (Å²) >= 11 is 0. The van der Waals surface area contributed by atoms with Gasteiger partial charge in [0, 0.05) is 10.8 Å². The lowest BCUT2D eigenvalue weighted by atomic mass is 10.1. The number of phenolic OH excluding ortho intramolecular Hbond substituents is 2. The maximum atomic E-state index is 12.3. The van der Waals surface area contributed by atoms with Gasteiger partial charge in [0.15, 0.2) is 11.5 Å². The number of phenols is 2. The molecule has 51 heavy (non-hydrogen) atoms. The zero-order chi connectivity index (χ0) is 36.4. The van der Waals surface area contributed by atoms with Crippen molar-refractivity contribution >= 4 is 83.4 Å². The first-order chi connectivity index (χ1) is 24.3. The SMILES string of the molecule is Nc1c(N=Nc2ccccc2C(=O)O)cc(S(=O)(=O)O)c2ccc(N=Nc3ccc4ccc(N=Nc5ccccc5C(=O)O)c(O)c4c3)c(O)c12. The Morgan fingerprint density at radius 1 is 0.569 bits per heavy atom. The van der Waals surface area contributed by atoms with Crippen LogP contribution in [0.2, 0.25) is 0 Å². The van der Waals surface area contributed by atoms with Crippen LogP contribution in [-0.4, -0.2) is 45.3 Å². The number of anilines is 1. The van der Waals surface area contributed by atoms with Crippen LogP contribution in [-0.2, 0) is 10.1 Å². The van der Waals surface area contributed by atoms with Gasteiger partial charge in [0.2, 0.25) is 0 Å². The van der Waals surface area contributed by atoms with Crippen molar-refractivity contribution in [3.63, 3.8) is 0 Å². The molecule has 0 amide bonds. The second kappa shape index (κ2) is 13.4. The zero-order valence-electron chi connectivity index (χ0n) is 25.8. The average Bonchev–Trinajstić information content (AvgIpc) is 3.10. The molecule has 0 fully saturated rings. The van der Waals surface area contributed by atoms with Crippen molar-refractivity contribution in [1.29, 1.82) is 0 Å². The quantitative estimate of drug-likeness (QED) is 0.0472. The van der Waals surface area contributed by atoms with Gasteiger partial charge in [-0.3, -0.25) is 4.55 Å². The highest BCUT2D eigenvalue weighted by Gasteiger charge is 2.23. The average molecular weight is 706 g/mol. The second-order valence-electron chi connectivity index (χ2n) is 10.7. The molecular weight excluding hydrogens is 682 g/mol. The molecule has 6 rings (SSSR count). The number of azo groups is 3. The molecule has 0 unspecified atom stereocenters. The van der Waals surface area contributed by atoms with Crippen LogP contribution >= 0.6 is 0 Å². The van der Waals surface area contributed by atoms with Gasteiger partial charge < -0.3 is 26.2 Å². The summed E-state index contributed by atoms with van der Waals surface area (Å²) in [5, 5.41) is 65.6. The summed E-state index contributed by atoms with van der Waals surface area (Å²) in [6, 6.07) is 22.9. The van der Waals surface area contributed by atoms with E-state index in [0.29, 0.717) is 10.8 Å². The fraction of sp³-hybridized carbons (Fsp3) is 0. The van der Waals surface area contributed by atoms with Gasteiger partial charge in [-0.05, 0) is 60.0 Å². The van der Waals surface area contributed by atoms with Crippen LogP contribution in [0.1, 0.15) is 20.7 Å². The first-order valence-electron chi connectivity index (χ1n) is 14.5. The lowest BCUT2D eigenvalue weighted by molar-refractivity contribution is 0.0687. The molecular formula is C34H23N7O9S. The summed E-state index contributed by atoms with van der Waals surface area (Å²) < 4.78 is 34.6. The van der Waals surface area contributed by atoms with Gasteiger partial charge in [-0.2, -0.15) is 13.5 Å². The monoisotopic (exact) mass is 705 g/mol. The van der Waals surface area contributed by atoms with E-state index >= 15 is 0 Å². The minimum atomic E-state index is -4.89. The number of hydrogen-bond donors (Lipinski definition) is 6. The summed E-state index contributed by atoms with van der Waals surface area (Å²) in [6.07, 6.45) is 0. The van der Waals surface area contributed by atoms with Crippen LogP contribution < -0.4 is 5.73 Å². The van der Waals surface area contributed by atoms with E-state index in [0.717, 1.165) is 6.07 Å². The summed E-state index contributed by atoms with van der Waals surface area (Å²) in [4.78, 5) is 22.4. The molecule has 0 spiro atoms. The van der Waals surface area contributed by atoms with Crippen molar-refractivity contribution < 1.29 is 43.0 Å². The van der Waals surface area contributed by atoms with Crippen molar-refractivity contribution in [2.75, 3.05) is 5.73 Å². The Bertz CT molecular complexity index is 2620. The van der Waals surface area contributed by atoms with E-state index in [1.807, 2.05) is 0 Å². The maximum Gasteiger partial charge on any atom is 0.337 e. The number of benzene rings is 6. The molecule has 7 N–H and O–H groups in total. The Morgan fingerprint density at radius 2 is 1.08 bits per heavy atom. The van der Waals surface area contributed by atoms with Gasteiger partial charge in [0.25, 0.3) is 10.1 Å². The first-order valence-corrected chi connectivity index (χ1v) is 16.0. The third-order valence-electron chi connectivity index (χ3n) is 7.54.